The molecular formula is C26H28N6O2. The molecule has 5 rings (SSSR count). The summed E-state index contributed by atoms with van der Waals surface area (Å²) in [4.78, 5) is 26.1. The van der Waals surface area contributed by atoms with Crippen molar-refractivity contribution in [1.82, 2.24) is 19.4 Å². The second-order valence-electron chi connectivity index (χ2n) is 8.82. The maximum absolute atomic E-state index is 12.7. The zero-order valence-electron chi connectivity index (χ0n) is 19.1. The largest absolute Gasteiger partial charge is 0.393 e. The van der Waals surface area contributed by atoms with Crippen LogP contribution in [0.15, 0.2) is 55.0 Å². The van der Waals surface area contributed by atoms with E-state index < -0.39 is 0 Å². The lowest BCUT2D eigenvalue weighted by molar-refractivity contribution is 0.102. The SMILES string of the molecule is CCc1ccnc(NC(=O)c2ccc(-c3cn4c(C5CCC(O)CC5)ncc4c(N)n3)cc2)c1. The monoisotopic (exact) mass is 456 g/mol. The van der Waals surface area contributed by atoms with Crippen LogP contribution in [-0.4, -0.2) is 36.5 Å². The molecule has 0 radical (unpaired) electrons. The molecule has 0 spiro atoms. The van der Waals surface area contributed by atoms with Crippen LogP contribution in [0.4, 0.5) is 11.6 Å². The molecule has 1 aliphatic rings. The molecule has 0 aliphatic heterocycles. The second-order valence-corrected chi connectivity index (χ2v) is 8.82. The van der Waals surface area contributed by atoms with Crippen molar-refractivity contribution in [3.63, 3.8) is 0 Å². The molecule has 1 saturated carbocycles. The van der Waals surface area contributed by atoms with Gasteiger partial charge in [0.1, 0.15) is 23.0 Å². The van der Waals surface area contributed by atoms with Gasteiger partial charge in [-0.3, -0.25) is 9.20 Å². The van der Waals surface area contributed by atoms with Gasteiger partial charge in [-0.05, 0) is 61.9 Å². The first-order chi connectivity index (χ1) is 16.5. The topological polar surface area (TPSA) is 118 Å². The van der Waals surface area contributed by atoms with Crippen LogP contribution < -0.4 is 11.1 Å². The summed E-state index contributed by atoms with van der Waals surface area (Å²) in [6, 6.07) is 11.1. The number of fused-ring (bicyclic) bond motifs is 1. The molecule has 1 aliphatic carbocycles. The highest BCUT2D eigenvalue weighted by Crippen LogP contribution is 2.34. The molecule has 3 heterocycles. The number of amides is 1. The fourth-order valence-corrected chi connectivity index (χ4v) is 4.56. The van der Waals surface area contributed by atoms with Crippen LogP contribution in [-0.2, 0) is 6.42 Å². The molecule has 0 saturated heterocycles. The maximum Gasteiger partial charge on any atom is 0.256 e. The summed E-state index contributed by atoms with van der Waals surface area (Å²) in [5, 5.41) is 12.7. The predicted molar refractivity (Wildman–Crippen MR) is 132 cm³/mol. The van der Waals surface area contributed by atoms with Crippen molar-refractivity contribution < 1.29 is 9.90 Å². The Balaban J connectivity index is 1.39. The summed E-state index contributed by atoms with van der Waals surface area (Å²) in [5.74, 6) is 1.97. The maximum atomic E-state index is 12.7. The van der Waals surface area contributed by atoms with Gasteiger partial charge in [0.2, 0.25) is 0 Å². The van der Waals surface area contributed by atoms with Crippen molar-refractivity contribution in [2.75, 3.05) is 11.1 Å². The minimum absolute atomic E-state index is 0.216. The van der Waals surface area contributed by atoms with Gasteiger partial charge >= 0.3 is 0 Å². The summed E-state index contributed by atoms with van der Waals surface area (Å²) < 4.78 is 2.02. The number of carbonyl (C=O) groups is 1. The third kappa shape index (κ3) is 4.36. The number of nitrogens with one attached hydrogen (secondary N) is 1. The molecule has 8 nitrogen and oxygen atoms in total. The first kappa shape index (κ1) is 22.0. The van der Waals surface area contributed by atoms with Crippen LogP contribution in [0.3, 0.4) is 0 Å². The highest BCUT2D eigenvalue weighted by Gasteiger charge is 2.25. The zero-order chi connectivity index (χ0) is 23.7. The third-order valence-corrected chi connectivity index (χ3v) is 6.56. The lowest BCUT2D eigenvalue weighted by Crippen LogP contribution is -2.18. The fourth-order valence-electron chi connectivity index (χ4n) is 4.56. The highest BCUT2D eigenvalue weighted by atomic mass is 16.3. The lowest BCUT2D eigenvalue weighted by atomic mass is 9.87. The zero-order valence-corrected chi connectivity index (χ0v) is 19.1. The number of rotatable bonds is 5. The van der Waals surface area contributed by atoms with Crippen LogP contribution in [0.25, 0.3) is 16.8 Å². The van der Waals surface area contributed by atoms with Crippen LogP contribution in [0, 0.1) is 0 Å². The Hall–Kier alpha value is -3.78. The van der Waals surface area contributed by atoms with Gasteiger partial charge in [0.15, 0.2) is 0 Å². The van der Waals surface area contributed by atoms with Crippen molar-refractivity contribution >= 4 is 23.1 Å². The molecule has 174 valence electrons. The summed E-state index contributed by atoms with van der Waals surface area (Å²) in [6.07, 6.45) is 9.45. The first-order valence-electron chi connectivity index (χ1n) is 11.7. The average Bonchev–Trinajstić information content (AvgIpc) is 3.29. The number of anilines is 2. The van der Waals surface area contributed by atoms with Gasteiger partial charge in [-0.1, -0.05) is 19.1 Å². The Labute approximate surface area is 197 Å². The molecule has 4 aromatic rings. The molecule has 0 unspecified atom stereocenters. The summed E-state index contributed by atoms with van der Waals surface area (Å²) in [7, 11) is 0. The number of nitrogens with zero attached hydrogens (tertiary/aromatic N) is 4. The third-order valence-electron chi connectivity index (χ3n) is 6.56. The highest BCUT2D eigenvalue weighted by molar-refractivity contribution is 6.04. The number of hydrogen-bond acceptors (Lipinski definition) is 6. The van der Waals surface area contributed by atoms with Gasteiger partial charge in [-0.15, -0.1) is 0 Å². The number of aliphatic hydroxyl groups excluding tert-OH is 1. The summed E-state index contributed by atoms with van der Waals surface area (Å²) in [5.41, 5.74) is 10.3. The number of imidazole rings is 1. The van der Waals surface area contributed by atoms with E-state index in [9.17, 15) is 9.90 Å². The molecule has 1 aromatic carbocycles. The normalized spacial score (nSPS) is 18.2. The van der Waals surface area contributed by atoms with Gasteiger partial charge in [0.05, 0.1) is 18.0 Å². The van der Waals surface area contributed by atoms with Gasteiger partial charge in [-0.2, -0.15) is 0 Å². The molecule has 4 N–H and O–H groups in total. The number of aromatic nitrogens is 4. The quantitative estimate of drug-likeness (QED) is 0.414. The Bertz CT molecular complexity index is 1320. The summed E-state index contributed by atoms with van der Waals surface area (Å²) >= 11 is 0. The van der Waals surface area contributed by atoms with E-state index in [1.54, 1.807) is 24.5 Å². The van der Waals surface area contributed by atoms with Crippen LogP contribution in [0.2, 0.25) is 0 Å². The molecule has 0 bridgehead atoms. The van der Waals surface area contributed by atoms with E-state index in [2.05, 4.69) is 27.2 Å². The molecule has 0 atom stereocenters. The van der Waals surface area contributed by atoms with Crippen LogP contribution in [0.5, 0.6) is 0 Å². The van der Waals surface area contributed by atoms with E-state index in [1.807, 2.05) is 34.9 Å². The number of aliphatic hydroxyl groups is 1. The molecule has 1 amide bonds. The number of hydrogen-bond donors (Lipinski definition) is 3. The minimum Gasteiger partial charge on any atom is -0.393 e. The number of nitrogens with two attached hydrogens (primary N) is 1. The number of carbonyl (C=O) groups excluding carboxylic acids is 1. The minimum atomic E-state index is -0.216. The van der Waals surface area contributed by atoms with E-state index in [1.165, 1.54) is 0 Å². The van der Waals surface area contributed by atoms with Crippen molar-refractivity contribution in [2.45, 2.75) is 51.0 Å². The van der Waals surface area contributed by atoms with E-state index in [4.69, 9.17) is 5.73 Å². The van der Waals surface area contributed by atoms with Crippen LogP contribution in [0.1, 0.15) is 60.3 Å². The van der Waals surface area contributed by atoms with E-state index >= 15 is 0 Å². The number of nitrogen functional groups attached to an aromatic ring is 1. The fraction of sp³-hybridized carbons (Fsp3) is 0.308. The van der Waals surface area contributed by atoms with Gasteiger partial charge in [0, 0.05) is 29.4 Å². The molecule has 8 heteroatoms. The predicted octanol–water partition coefficient (Wildman–Crippen LogP) is 4.21. The number of aryl methyl sites for hydroxylation is 1. The molecule has 1 fully saturated rings. The standard InChI is InChI=1S/C26H28N6O2/c1-2-16-11-12-28-23(13-16)31-26(34)19-5-3-17(4-6-19)21-15-32-22(24(27)30-21)14-29-25(32)18-7-9-20(33)10-8-18/h3-6,11-15,18,20,33H,2,7-10H2,1H3,(H2,27,30)(H,28,31,34). The second kappa shape index (κ2) is 9.23. The van der Waals surface area contributed by atoms with Crippen molar-refractivity contribution in [3.8, 4) is 11.3 Å². The molecular weight excluding hydrogens is 428 g/mol. The van der Waals surface area contributed by atoms with E-state index in [0.717, 1.165) is 54.6 Å². The Morgan fingerprint density at radius 3 is 2.65 bits per heavy atom. The Kier molecular flexibility index (Phi) is 5.98. The van der Waals surface area contributed by atoms with E-state index in [-0.39, 0.29) is 17.9 Å². The van der Waals surface area contributed by atoms with Crippen molar-refractivity contribution in [1.29, 1.82) is 0 Å². The Morgan fingerprint density at radius 2 is 1.91 bits per heavy atom. The van der Waals surface area contributed by atoms with Crippen molar-refractivity contribution in [3.05, 3.63) is 71.9 Å². The molecule has 3 aromatic heterocycles. The van der Waals surface area contributed by atoms with Gasteiger partial charge < -0.3 is 16.2 Å². The lowest BCUT2D eigenvalue weighted by Gasteiger charge is -2.24. The van der Waals surface area contributed by atoms with E-state index in [0.29, 0.717) is 22.9 Å². The van der Waals surface area contributed by atoms with Gasteiger partial charge in [-0.25, -0.2) is 15.0 Å². The average molecular weight is 457 g/mol. The smallest absolute Gasteiger partial charge is 0.256 e. The number of benzene rings is 1. The number of pyridine rings is 1. The first-order valence-corrected chi connectivity index (χ1v) is 11.7. The molecule has 34 heavy (non-hydrogen) atoms. The van der Waals surface area contributed by atoms with Crippen molar-refractivity contribution in [2.24, 2.45) is 0 Å². The Morgan fingerprint density at radius 1 is 1.15 bits per heavy atom. The van der Waals surface area contributed by atoms with Gasteiger partial charge in [0.25, 0.3) is 5.91 Å². The van der Waals surface area contributed by atoms with Crippen LogP contribution >= 0.6 is 0 Å². The summed E-state index contributed by atoms with van der Waals surface area (Å²) in [6.45, 7) is 2.06.